The molecule has 3 N–H and O–H groups in total. The van der Waals surface area contributed by atoms with Gasteiger partial charge in [-0.2, -0.15) is 0 Å². The minimum Gasteiger partial charge on any atom is -0.345 e. The van der Waals surface area contributed by atoms with Gasteiger partial charge in [0.1, 0.15) is 10.8 Å². The Labute approximate surface area is 220 Å². The molecule has 1 aliphatic heterocycles. The van der Waals surface area contributed by atoms with Crippen LogP contribution in [-0.2, 0) is 4.79 Å². The molecule has 2 aromatic heterocycles. The van der Waals surface area contributed by atoms with Crippen molar-refractivity contribution in [1.82, 2.24) is 19.9 Å². The monoisotopic (exact) mass is 532 g/mol. The smallest absolute Gasteiger partial charge is 0.256 e. The molecule has 11 heteroatoms. The largest absolute Gasteiger partial charge is 0.345 e. The molecule has 0 saturated carbocycles. The molecule has 4 aromatic rings. The van der Waals surface area contributed by atoms with Crippen molar-refractivity contribution in [2.24, 2.45) is 0 Å². The number of aromatic nitrogens is 4. The molecule has 0 fully saturated rings. The Bertz CT molecular complexity index is 1600. The maximum Gasteiger partial charge on any atom is 0.256 e. The molecule has 0 radical (unpaired) electrons. The highest BCUT2D eigenvalue weighted by molar-refractivity contribution is 6.34. The Morgan fingerprint density at radius 1 is 1.08 bits per heavy atom. The molecule has 5 rings (SSSR count). The zero-order chi connectivity index (χ0) is 26.6. The van der Waals surface area contributed by atoms with Crippen LogP contribution in [0.25, 0.3) is 17.7 Å². The first-order chi connectivity index (χ1) is 18.4. The van der Waals surface area contributed by atoms with Crippen LogP contribution >= 0.6 is 11.6 Å². The van der Waals surface area contributed by atoms with Gasteiger partial charge in [-0.1, -0.05) is 35.9 Å². The average molecular weight is 533 g/mol. The van der Waals surface area contributed by atoms with Crippen molar-refractivity contribution in [1.29, 1.82) is 0 Å². The number of nitrogens with zero attached hydrogens (tertiary/aromatic N) is 3. The van der Waals surface area contributed by atoms with E-state index in [0.29, 0.717) is 17.7 Å². The third-order valence-corrected chi connectivity index (χ3v) is 5.84. The normalized spacial score (nSPS) is 13.7. The van der Waals surface area contributed by atoms with Crippen molar-refractivity contribution < 1.29 is 18.4 Å². The van der Waals surface area contributed by atoms with Gasteiger partial charge in [-0.15, -0.1) is 0 Å². The van der Waals surface area contributed by atoms with E-state index < -0.39 is 11.6 Å². The number of hydrogen-bond acceptors (Lipinski definition) is 6. The summed E-state index contributed by atoms with van der Waals surface area (Å²) < 4.78 is 26.6. The number of carbonyl (C=O) groups is 2. The molecule has 3 heterocycles. The fourth-order valence-corrected chi connectivity index (χ4v) is 4.02. The molecule has 0 unspecified atom stereocenters. The number of aromatic amines is 1. The van der Waals surface area contributed by atoms with Crippen LogP contribution in [0.4, 0.5) is 26.1 Å². The second-order valence-electron chi connectivity index (χ2n) is 8.34. The maximum atomic E-state index is 13.5. The Hall–Kier alpha value is -4.70. The summed E-state index contributed by atoms with van der Waals surface area (Å²) in [6.45, 7) is 0. The van der Waals surface area contributed by atoms with Gasteiger partial charge in [0.15, 0.2) is 17.4 Å². The predicted molar refractivity (Wildman–Crippen MR) is 141 cm³/mol. The van der Waals surface area contributed by atoms with Crippen LogP contribution in [0.2, 0.25) is 5.15 Å². The standard InChI is InChI=1S/C27H19ClF2N6O2/c28-25-12-23(35-27(36-25)33-16-6-8-20(29)21(30)11-16)24(37)4-2-1-3-15-5-7-18-19(10-17-13-31-14-32-17)26(38)34-22(18)9-15/h1,3,5-14H,2,4H2,(H,31,32)(H,34,38)(H,33,35,36)/b3-1+,19-10-. The number of benzene rings is 2. The van der Waals surface area contributed by atoms with E-state index in [9.17, 15) is 18.4 Å². The fourth-order valence-electron chi connectivity index (χ4n) is 3.84. The molecule has 0 spiro atoms. The number of allylic oxidation sites excluding steroid dienone is 1. The van der Waals surface area contributed by atoms with E-state index in [2.05, 4.69) is 30.6 Å². The lowest BCUT2D eigenvalue weighted by molar-refractivity contribution is -0.110. The first-order valence-corrected chi connectivity index (χ1v) is 11.9. The highest BCUT2D eigenvalue weighted by Crippen LogP contribution is 2.34. The van der Waals surface area contributed by atoms with Gasteiger partial charge in [-0.05, 0) is 36.3 Å². The number of fused-ring (bicyclic) bond motifs is 1. The summed E-state index contributed by atoms with van der Waals surface area (Å²) in [6, 6.07) is 10.2. The van der Waals surface area contributed by atoms with Crippen molar-refractivity contribution in [3.8, 4) is 0 Å². The zero-order valence-electron chi connectivity index (χ0n) is 19.6. The minimum atomic E-state index is -1.03. The molecule has 0 saturated heterocycles. The van der Waals surface area contributed by atoms with Gasteiger partial charge in [-0.25, -0.2) is 23.7 Å². The van der Waals surface area contributed by atoms with Crippen molar-refractivity contribution in [3.05, 3.63) is 100 Å². The maximum absolute atomic E-state index is 13.5. The summed E-state index contributed by atoms with van der Waals surface area (Å²) in [6.07, 6.45) is 9.22. The topological polar surface area (TPSA) is 113 Å². The van der Waals surface area contributed by atoms with E-state index in [1.807, 2.05) is 30.4 Å². The first kappa shape index (κ1) is 25.0. The van der Waals surface area contributed by atoms with Crippen LogP contribution in [-0.4, -0.2) is 31.6 Å². The third-order valence-electron chi connectivity index (χ3n) is 5.65. The van der Waals surface area contributed by atoms with Crippen LogP contribution in [0.1, 0.15) is 40.2 Å². The number of imidazole rings is 1. The number of rotatable bonds is 8. The summed E-state index contributed by atoms with van der Waals surface area (Å²) in [5.41, 5.74) is 3.95. The molecular weight excluding hydrogens is 514 g/mol. The summed E-state index contributed by atoms with van der Waals surface area (Å²) >= 11 is 6.03. The highest BCUT2D eigenvalue weighted by Gasteiger charge is 2.24. The molecule has 1 amide bonds. The van der Waals surface area contributed by atoms with Crippen LogP contribution in [0.3, 0.4) is 0 Å². The average Bonchev–Trinajstić information content (AvgIpc) is 3.51. The number of Topliss-reactive ketones (excluding diaryl/α,β-unsaturated/α-hetero) is 1. The lowest BCUT2D eigenvalue weighted by atomic mass is 10.0. The van der Waals surface area contributed by atoms with Gasteiger partial charge in [0.05, 0.1) is 23.8 Å². The van der Waals surface area contributed by atoms with Crippen LogP contribution in [0, 0.1) is 11.6 Å². The summed E-state index contributed by atoms with van der Waals surface area (Å²) in [7, 11) is 0. The van der Waals surface area contributed by atoms with Crippen LogP contribution in [0.5, 0.6) is 0 Å². The number of amides is 1. The molecule has 0 atom stereocenters. The molecule has 190 valence electrons. The number of hydrogen-bond donors (Lipinski definition) is 3. The molecule has 1 aliphatic rings. The molecular formula is C27H19ClF2N6O2. The van der Waals surface area contributed by atoms with E-state index in [4.69, 9.17) is 11.6 Å². The molecule has 8 nitrogen and oxygen atoms in total. The number of ketones is 1. The molecule has 38 heavy (non-hydrogen) atoms. The summed E-state index contributed by atoms with van der Waals surface area (Å²) in [4.78, 5) is 40.1. The highest BCUT2D eigenvalue weighted by atomic mass is 35.5. The number of nitrogens with one attached hydrogen (secondary N) is 3. The fraction of sp³-hybridized carbons (Fsp3) is 0.0741. The van der Waals surface area contributed by atoms with E-state index in [0.717, 1.165) is 29.0 Å². The lowest BCUT2D eigenvalue weighted by Crippen LogP contribution is -2.06. The van der Waals surface area contributed by atoms with Gasteiger partial charge < -0.3 is 15.6 Å². The van der Waals surface area contributed by atoms with E-state index in [1.54, 1.807) is 18.6 Å². The SMILES string of the molecule is O=C1Nc2cc(/C=C/CCC(=O)c3cc(Cl)nc(Nc4ccc(F)c(F)c4)n3)ccc2/C1=C/c1cnc[nH]1. The zero-order valence-corrected chi connectivity index (χ0v) is 20.4. The Kier molecular flexibility index (Phi) is 7.05. The van der Waals surface area contributed by atoms with Gasteiger partial charge >= 0.3 is 0 Å². The Morgan fingerprint density at radius 2 is 1.95 bits per heavy atom. The Morgan fingerprint density at radius 3 is 2.74 bits per heavy atom. The van der Waals surface area contributed by atoms with Crippen LogP contribution < -0.4 is 10.6 Å². The lowest BCUT2D eigenvalue weighted by Gasteiger charge is -2.07. The summed E-state index contributed by atoms with van der Waals surface area (Å²) in [5.74, 6) is -2.48. The predicted octanol–water partition coefficient (Wildman–Crippen LogP) is 6.04. The van der Waals surface area contributed by atoms with Gasteiger partial charge in [-0.3, -0.25) is 9.59 Å². The minimum absolute atomic E-state index is 0.0106. The van der Waals surface area contributed by atoms with Crippen molar-refractivity contribution in [2.75, 3.05) is 10.6 Å². The Balaban J connectivity index is 1.21. The molecule has 2 aromatic carbocycles. The first-order valence-electron chi connectivity index (χ1n) is 11.5. The second-order valence-corrected chi connectivity index (χ2v) is 8.73. The van der Waals surface area contributed by atoms with E-state index >= 15 is 0 Å². The molecule has 0 bridgehead atoms. The van der Waals surface area contributed by atoms with Crippen molar-refractivity contribution >= 4 is 58.3 Å². The number of carbonyl (C=O) groups excluding carboxylic acids is 2. The number of anilines is 3. The third kappa shape index (κ3) is 5.65. The molecule has 0 aliphatic carbocycles. The van der Waals surface area contributed by atoms with Crippen molar-refractivity contribution in [2.45, 2.75) is 12.8 Å². The van der Waals surface area contributed by atoms with E-state index in [1.165, 1.54) is 12.1 Å². The second kappa shape index (κ2) is 10.7. The van der Waals surface area contributed by atoms with Gasteiger partial charge in [0.2, 0.25) is 5.95 Å². The summed E-state index contributed by atoms with van der Waals surface area (Å²) in [5, 5.41) is 5.61. The van der Waals surface area contributed by atoms with Gasteiger partial charge in [0.25, 0.3) is 5.91 Å². The number of halogens is 3. The van der Waals surface area contributed by atoms with Crippen LogP contribution in [0.15, 0.2) is 61.1 Å². The van der Waals surface area contributed by atoms with Gasteiger partial charge in [0, 0.05) is 35.5 Å². The van der Waals surface area contributed by atoms with Crippen molar-refractivity contribution in [3.63, 3.8) is 0 Å². The number of H-pyrrole nitrogens is 1. The van der Waals surface area contributed by atoms with E-state index in [-0.39, 0.29) is 40.6 Å². The quantitative estimate of drug-likeness (QED) is 0.145.